The quantitative estimate of drug-likeness (QED) is 0.690. The van der Waals surface area contributed by atoms with Gasteiger partial charge in [-0.1, -0.05) is 44.0 Å². The van der Waals surface area contributed by atoms with Gasteiger partial charge in [-0.3, -0.25) is 0 Å². The molecule has 1 unspecified atom stereocenters. The van der Waals surface area contributed by atoms with Gasteiger partial charge >= 0.3 is 6.18 Å². The third-order valence-corrected chi connectivity index (χ3v) is 4.24. The van der Waals surface area contributed by atoms with Crippen LogP contribution in [0.3, 0.4) is 0 Å². The highest BCUT2D eigenvalue weighted by molar-refractivity contribution is 9.11. The van der Waals surface area contributed by atoms with E-state index in [-0.39, 0.29) is 6.42 Å². The summed E-state index contributed by atoms with van der Waals surface area (Å²) < 4.78 is 39.0. The lowest BCUT2D eigenvalue weighted by Crippen LogP contribution is -2.06. The summed E-state index contributed by atoms with van der Waals surface area (Å²) in [6, 6.07) is 10.2. The molecule has 2 aromatic rings. The third-order valence-electron chi connectivity index (χ3n) is 3.03. The van der Waals surface area contributed by atoms with Crippen LogP contribution in [0.5, 0.6) is 0 Å². The Morgan fingerprint density at radius 1 is 1.00 bits per heavy atom. The van der Waals surface area contributed by atoms with Crippen LogP contribution in [0.25, 0.3) is 0 Å². The van der Waals surface area contributed by atoms with E-state index in [0.29, 0.717) is 11.1 Å². The van der Waals surface area contributed by atoms with E-state index in [1.54, 1.807) is 12.1 Å². The first-order chi connectivity index (χ1) is 9.77. The fourth-order valence-electron chi connectivity index (χ4n) is 1.93. The molecule has 2 rings (SSSR count). The Kier molecular flexibility index (Phi) is 5.11. The first-order valence-corrected chi connectivity index (χ1v) is 7.65. The molecule has 0 aliphatic rings. The summed E-state index contributed by atoms with van der Waals surface area (Å²) in [5, 5.41) is 10.2. The highest BCUT2D eigenvalue weighted by Crippen LogP contribution is 2.31. The summed E-state index contributed by atoms with van der Waals surface area (Å²) in [6.45, 7) is 0. The number of aliphatic hydroxyl groups excluding tert-OH is 1. The van der Waals surface area contributed by atoms with E-state index < -0.39 is 17.8 Å². The van der Waals surface area contributed by atoms with Gasteiger partial charge in [-0.2, -0.15) is 13.2 Å². The average molecular weight is 424 g/mol. The predicted molar refractivity (Wildman–Crippen MR) is 81.9 cm³/mol. The van der Waals surface area contributed by atoms with Crippen LogP contribution in [0.2, 0.25) is 0 Å². The van der Waals surface area contributed by atoms with Crippen LogP contribution in [-0.2, 0) is 12.6 Å². The van der Waals surface area contributed by atoms with Crippen LogP contribution in [-0.4, -0.2) is 5.11 Å². The number of rotatable bonds is 3. The normalized spacial score (nSPS) is 13.2. The molecule has 0 saturated heterocycles. The standard InChI is InChI=1S/C15H11Br2F3O/c16-11-5-6-13(17)12(8-11)14(21)7-9-1-3-10(4-2-9)15(18,19)20/h1-6,8,14,21H,7H2. The Morgan fingerprint density at radius 3 is 2.19 bits per heavy atom. The van der Waals surface area contributed by atoms with E-state index in [1.165, 1.54) is 12.1 Å². The maximum atomic E-state index is 12.5. The summed E-state index contributed by atoms with van der Waals surface area (Å²) in [6.07, 6.45) is -4.90. The van der Waals surface area contributed by atoms with Gasteiger partial charge in [0.1, 0.15) is 0 Å². The van der Waals surface area contributed by atoms with Crippen molar-refractivity contribution in [3.8, 4) is 0 Å². The molecular formula is C15H11Br2F3O. The average Bonchev–Trinajstić information content (AvgIpc) is 2.41. The molecular weight excluding hydrogens is 413 g/mol. The molecule has 0 aliphatic carbocycles. The lowest BCUT2D eigenvalue weighted by Gasteiger charge is -2.14. The number of halogens is 5. The molecule has 2 aromatic carbocycles. The summed E-state index contributed by atoms with van der Waals surface area (Å²) in [4.78, 5) is 0. The molecule has 1 atom stereocenters. The van der Waals surface area contributed by atoms with Crippen LogP contribution >= 0.6 is 31.9 Å². The molecule has 0 heterocycles. The second-order valence-electron chi connectivity index (χ2n) is 4.58. The molecule has 6 heteroatoms. The minimum atomic E-state index is -4.34. The number of alkyl halides is 3. The van der Waals surface area contributed by atoms with Crippen LogP contribution in [0.1, 0.15) is 22.8 Å². The smallest absolute Gasteiger partial charge is 0.388 e. The maximum Gasteiger partial charge on any atom is 0.416 e. The van der Waals surface area contributed by atoms with Crippen LogP contribution in [0.4, 0.5) is 13.2 Å². The largest absolute Gasteiger partial charge is 0.416 e. The number of aliphatic hydroxyl groups is 1. The zero-order valence-corrected chi connectivity index (χ0v) is 13.8. The molecule has 112 valence electrons. The van der Waals surface area contributed by atoms with Crippen LogP contribution < -0.4 is 0 Å². The van der Waals surface area contributed by atoms with Crippen molar-refractivity contribution in [1.29, 1.82) is 0 Å². The highest BCUT2D eigenvalue weighted by atomic mass is 79.9. The minimum Gasteiger partial charge on any atom is -0.388 e. The van der Waals surface area contributed by atoms with Crippen molar-refractivity contribution in [3.63, 3.8) is 0 Å². The lowest BCUT2D eigenvalue weighted by atomic mass is 10.0. The van der Waals surface area contributed by atoms with Crippen molar-refractivity contribution < 1.29 is 18.3 Å². The number of hydrogen-bond acceptors (Lipinski definition) is 1. The van der Waals surface area contributed by atoms with Crippen molar-refractivity contribution in [2.75, 3.05) is 0 Å². The van der Waals surface area contributed by atoms with Gasteiger partial charge in [0, 0.05) is 15.4 Å². The van der Waals surface area contributed by atoms with Crippen LogP contribution in [0.15, 0.2) is 51.4 Å². The van der Waals surface area contributed by atoms with Gasteiger partial charge in [-0.25, -0.2) is 0 Å². The maximum absolute atomic E-state index is 12.5. The number of hydrogen-bond donors (Lipinski definition) is 1. The van der Waals surface area contributed by atoms with E-state index in [1.807, 2.05) is 6.07 Å². The Labute approximate surface area is 137 Å². The van der Waals surface area contributed by atoms with Crippen molar-refractivity contribution in [3.05, 3.63) is 68.1 Å². The van der Waals surface area contributed by atoms with Crippen molar-refractivity contribution >= 4 is 31.9 Å². The molecule has 0 saturated carbocycles. The predicted octanol–water partition coefficient (Wildman–Crippen LogP) is 5.51. The van der Waals surface area contributed by atoms with Gasteiger partial charge in [0.05, 0.1) is 11.7 Å². The van der Waals surface area contributed by atoms with Gasteiger partial charge in [0.25, 0.3) is 0 Å². The zero-order valence-electron chi connectivity index (χ0n) is 10.7. The minimum absolute atomic E-state index is 0.243. The van der Waals surface area contributed by atoms with Gasteiger partial charge < -0.3 is 5.11 Å². The summed E-state index contributed by atoms with van der Waals surface area (Å²) in [5.74, 6) is 0. The Balaban J connectivity index is 2.16. The molecule has 0 aliphatic heterocycles. The second-order valence-corrected chi connectivity index (χ2v) is 6.35. The molecule has 0 aromatic heterocycles. The zero-order chi connectivity index (χ0) is 15.6. The molecule has 1 nitrogen and oxygen atoms in total. The fraction of sp³-hybridized carbons (Fsp3) is 0.200. The lowest BCUT2D eigenvalue weighted by molar-refractivity contribution is -0.137. The SMILES string of the molecule is OC(Cc1ccc(C(F)(F)F)cc1)c1cc(Br)ccc1Br. The third kappa shape index (κ3) is 4.31. The van der Waals surface area contributed by atoms with E-state index in [4.69, 9.17) is 0 Å². The summed E-state index contributed by atoms with van der Waals surface area (Å²) >= 11 is 6.68. The highest BCUT2D eigenvalue weighted by Gasteiger charge is 2.30. The van der Waals surface area contributed by atoms with Gasteiger partial charge in [-0.15, -0.1) is 0 Å². The van der Waals surface area contributed by atoms with E-state index >= 15 is 0 Å². The van der Waals surface area contributed by atoms with Gasteiger partial charge in [0.15, 0.2) is 0 Å². The Bertz CT molecular complexity index is 624. The molecule has 0 radical (unpaired) electrons. The van der Waals surface area contributed by atoms with Gasteiger partial charge in [0.2, 0.25) is 0 Å². The molecule has 0 amide bonds. The molecule has 0 spiro atoms. The molecule has 1 N–H and O–H groups in total. The fourth-order valence-corrected chi connectivity index (χ4v) is 2.82. The van der Waals surface area contributed by atoms with Crippen molar-refractivity contribution in [2.24, 2.45) is 0 Å². The first-order valence-electron chi connectivity index (χ1n) is 6.06. The summed E-state index contributed by atoms with van der Waals surface area (Å²) in [5.41, 5.74) is 0.635. The Morgan fingerprint density at radius 2 is 1.62 bits per heavy atom. The van der Waals surface area contributed by atoms with E-state index in [0.717, 1.165) is 21.1 Å². The van der Waals surface area contributed by atoms with E-state index in [2.05, 4.69) is 31.9 Å². The molecule has 0 fully saturated rings. The molecule has 0 bridgehead atoms. The Hall–Kier alpha value is -0.850. The van der Waals surface area contributed by atoms with E-state index in [9.17, 15) is 18.3 Å². The molecule has 21 heavy (non-hydrogen) atoms. The van der Waals surface area contributed by atoms with Crippen molar-refractivity contribution in [1.82, 2.24) is 0 Å². The van der Waals surface area contributed by atoms with Gasteiger partial charge in [-0.05, 0) is 41.5 Å². The summed E-state index contributed by atoms with van der Waals surface area (Å²) in [7, 11) is 0. The van der Waals surface area contributed by atoms with Crippen molar-refractivity contribution in [2.45, 2.75) is 18.7 Å². The number of benzene rings is 2. The van der Waals surface area contributed by atoms with Crippen LogP contribution in [0, 0.1) is 0 Å². The topological polar surface area (TPSA) is 20.2 Å². The monoisotopic (exact) mass is 422 g/mol. The second kappa shape index (κ2) is 6.50. The first kappa shape index (κ1) is 16.5.